The molecular formula is C28H32N2O5. The largest absolute Gasteiger partial charge is 0.487 e. The van der Waals surface area contributed by atoms with Gasteiger partial charge in [0, 0.05) is 36.2 Å². The van der Waals surface area contributed by atoms with Crippen molar-refractivity contribution in [3.63, 3.8) is 0 Å². The highest BCUT2D eigenvalue weighted by Gasteiger charge is 2.46. The number of ether oxygens (including phenoxy) is 2. The van der Waals surface area contributed by atoms with Gasteiger partial charge in [0.1, 0.15) is 18.0 Å². The van der Waals surface area contributed by atoms with E-state index in [9.17, 15) is 14.7 Å². The number of amides is 2. The van der Waals surface area contributed by atoms with Gasteiger partial charge in [-0.05, 0) is 55.0 Å². The minimum Gasteiger partial charge on any atom is -0.487 e. The summed E-state index contributed by atoms with van der Waals surface area (Å²) in [6.07, 6.45) is 3.76. The molecule has 3 aliphatic heterocycles. The highest BCUT2D eigenvalue weighted by molar-refractivity contribution is 5.93. The van der Waals surface area contributed by atoms with Gasteiger partial charge in [-0.15, -0.1) is 0 Å². The SMILES string of the molecule is O=C(Nc1ccc2c(c1)[C@@H]1C[C@@H](CC(=O)N3CCc4ccccc4C3)O[C@H](CO)[C@@H]1O2)C1CCC1. The van der Waals surface area contributed by atoms with Gasteiger partial charge in [0.05, 0.1) is 19.1 Å². The Bertz CT molecular complexity index is 1130. The van der Waals surface area contributed by atoms with E-state index in [-0.39, 0.29) is 48.9 Å². The first-order valence-electron chi connectivity index (χ1n) is 12.8. The van der Waals surface area contributed by atoms with E-state index in [0.29, 0.717) is 19.5 Å². The molecule has 0 unspecified atom stereocenters. The van der Waals surface area contributed by atoms with Crippen LogP contribution in [0.5, 0.6) is 5.75 Å². The molecule has 7 heteroatoms. The number of carbonyl (C=O) groups excluding carboxylic acids is 2. The van der Waals surface area contributed by atoms with Crippen LogP contribution in [0.4, 0.5) is 5.69 Å². The first-order chi connectivity index (χ1) is 17.1. The maximum atomic E-state index is 13.2. The van der Waals surface area contributed by atoms with Crippen molar-refractivity contribution in [3.05, 3.63) is 59.2 Å². The molecule has 184 valence electrons. The third kappa shape index (κ3) is 4.32. The summed E-state index contributed by atoms with van der Waals surface area (Å²) in [5, 5.41) is 13.1. The molecule has 4 atom stereocenters. The normalized spacial score (nSPS) is 27.2. The van der Waals surface area contributed by atoms with E-state index in [1.807, 2.05) is 35.2 Å². The molecule has 3 heterocycles. The number of anilines is 1. The summed E-state index contributed by atoms with van der Waals surface area (Å²) >= 11 is 0. The molecule has 2 N–H and O–H groups in total. The molecule has 35 heavy (non-hydrogen) atoms. The van der Waals surface area contributed by atoms with Gasteiger partial charge in [0.25, 0.3) is 0 Å². The number of nitrogens with zero attached hydrogens (tertiary/aromatic N) is 1. The molecule has 2 aromatic carbocycles. The van der Waals surface area contributed by atoms with Crippen LogP contribution in [0.2, 0.25) is 0 Å². The Morgan fingerprint density at radius 1 is 1.11 bits per heavy atom. The zero-order chi connectivity index (χ0) is 23.9. The van der Waals surface area contributed by atoms with Crippen LogP contribution >= 0.6 is 0 Å². The quantitative estimate of drug-likeness (QED) is 0.691. The number of aliphatic hydroxyl groups is 1. The lowest BCUT2D eigenvalue weighted by Crippen LogP contribution is -2.48. The van der Waals surface area contributed by atoms with Gasteiger partial charge < -0.3 is 24.8 Å². The predicted octanol–water partition coefficient (Wildman–Crippen LogP) is 3.39. The molecule has 1 aliphatic carbocycles. The molecule has 2 fully saturated rings. The molecule has 4 aliphatic rings. The van der Waals surface area contributed by atoms with Crippen LogP contribution in [-0.2, 0) is 27.3 Å². The van der Waals surface area contributed by atoms with E-state index in [1.165, 1.54) is 11.1 Å². The molecule has 0 bridgehead atoms. The van der Waals surface area contributed by atoms with E-state index in [1.54, 1.807) is 0 Å². The minimum atomic E-state index is -0.492. The summed E-state index contributed by atoms with van der Waals surface area (Å²) in [6, 6.07) is 14.0. The number of hydrogen-bond donors (Lipinski definition) is 2. The average Bonchev–Trinajstić information content (AvgIpc) is 3.20. The summed E-state index contributed by atoms with van der Waals surface area (Å²) in [4.78, 5) is 27.5. The fraction of sp³-hybridized carbons (Fsp3) is 0.500. The van der Waals surface area contributed by atoms with E-state index < -0.39 is 6.10 Å². The van der Waals surface area contributed by atoms with Gasteiger partial charge in [-0.25, -0.2) is 0 Å². The van der Waals surface area contributed by atoms with Gasteiger partial charge >= 0.3 is 0 Å². The Labute approximate surface area is 205 Å². The van der Waals surface area contributed by atoms with Crippen molar-refractivity contribution in [2.45, 2.75) is 69.3 Å². The Hall–Kier alpha value is -2.90. The molecule has 0 radical (unpaired) electrons. The highest BCUT2D eigenvalue weighted by atomic mass is 16.6. The van der Waals surface area contributed by atoms with Crippen LogP contribution in [-0.4, -0.2) is 53.3 Å². The zero-order valence-electron chi connectivity index (χ0n) is 19.8. The van der Waals surface area contributed by atoms with Crippen LogP contribution < -0.4 is 10.1 Å². The Morgan fingerprint density at radius 2 is 1.94 bits per heavy atom. The lowest BCUT2D eigenvalue weighted by atomic mass is 9.83. The lowest BCUT2D eigenvalue weighted by molar-refractivity contribution is -0.149. The van der Waals surface area contributed by atoms with E-state index in [0.717, 1.165) is 42.7 Å². The third-order valence-electron chi connectivity index (χ3n) is 8.13. The summed E-state index contributed by atoms with van der Waals surface area (Å²) in [6.45, 7) is 1.18. The summed E-state index contributed by atoms with van der Waals surface area (Å²) in [5.74, 6) is 1.06. The van der Waals surface area contributed by atoms with Crippen LogP contribution in [0.1, 0.15) is 54.7 Å². The molecule has 7 nitrogen and oxygen atoms in total. The monoisotopic (exact) mass is 476 g/mol. The molecule has 6 rings (SSSR count). The number of rotatable bonds is 5. The fourth-order valence-corrected chi connectivity index (χ4v) is 5.91. The molecule has 2 amide bonds. The van der Waals surface area contributed by atoms with Crippen molar-refractivity contribution >= 4 is 17.5 Å². The second-order valence-electron chi connectivity index (χ2n) is 10.3. The number of fused-ring (bicyclic) bond motifs is 4. The second-order valence-corrected chi connectivity index (χ2v) is 10.3. The van der Waals surface area contributed by atoms with E-state index in [4.69, 9.17) is 9.47 Å². The topological polar surface area (TPSA) is 88.1 Å². The highest BCUT2D eigenvalue weighted by Crippen LogP contribution is 2.47. The number of aliphatic hydroxyl groups excluding tert-OH is 1. The lowest BCUT2D eigenvalue weighted by Gasteiger charge is -2.38. The van der Waals surface area contributed by atoms with Crippen LogP contribution in [0.3, 0.4) is 0 Å². The minimum absolute atomic E-state index is 0.0105. The Morgan fingerprint density at radius 3 is 2.71 bits per heavy atom. The van der Waals surface area contributed by atoms with Crippen LogP contribution in [0, 0.1) is 5.92 Å². The maximum absolute atomic E-state index is 13.2. The Balaban J connectivity index is 1.15. The molecular weight excluding hydrogens is 444 g/mol. The molecule has 1 saturated heterocycles. The standard InChI is InChI=1S/C28H32N2O5/c31-16-25-27-23(22-12-20(8-9-24(22)35-27)29-28(33)18-6-3-7-18)13-21(34-25)14-26(32)30-11-10-17-4-1-2-5-19(17)15-30/h1-2,4-5,8-9,12,18,21,23,25,27,31H,3,6-7,10-11,13-16H2,(H,29,33)/t21-,23-,25+,27+/m0/s1. The predicted molar refractivity (Wildman–Crippen MR) is 130 cm³/mol. The van der Waals surface area contributed by atoms with Gasteiger partial charge in [-0.3, -0.25) is 9.59 Å². The van der Waals surface area contributed by atoms with Crippen molar-refractivity contribution in [2.24, 2.45) is 5.92 Å². The number of benzene rings is 2. The summed E-state index contributed by atoms with van der Waals surface area (Å²) < 4.78 is 12.3. The van der Waals surface area contributed by atoms with Crippen molar-refractivity contribution < 1.29 is 24.2 Å². The van der Waals surface area contributed by atoms with E-state index >= 15 is 0 Å². The van der Waals surface area contributed by atoms with Gasteiger partial charge in [0.2, 0.25) is 11.8 Å². The van der Waals surface area contributed by atoms with Crippen molar-refractivity contribution in [2.75, 3.05) is 18.5 Å². The first kappa shape index (κ1) is 22.6. The Kier molecular flexibility index (Phi) is 5.98. The van der Waals surface area contributed by atoms with Crippen molar-refractivity contribution in [1.29, 1.82) is 0 Å². The maximum Gasteiger partial charge on any atom is 0.227 e. The van der Waals surface area contributed by atoms with Crippen molar-refractivity contribution in [1.82, 2.24) is 4.90 Å². The van der Waals surface area contributed by atoms with Gasteiger partial charge in [0.15, 0.2) is 0 Å². The smallest absolute Gasteiger partial charge is 0.227 e. The van der Waals surface area contributed by atoms with Crippen LogP contribution in [0.25, 0.3) is 0 Å². The third-order valence-corrected chi connectivity index (χ3v) is 8.13. The first-order valence-corrected chi connectivity index (χ1v) is 12.8. The van der Waals surface area contributed by atoms with Crippen LogP contribution in [0.15, 0.2) is 42.5 Å². The number of nitrogens with one attached hydrogen (secondary N) is 1. The molecule has 0 spiro atoms. The van der Waals surface area contributed by atoms with Crippen molar-refractivity contribution in [3.8, 4) is 5.75 Å². The van der Waals surface area contributed by atoms with Gasteiger partial charge in [-0.1, -0.05) is 30.7 Å². The number of hydrogen-bond acceptors (Lipinski definition) is 5. The number of carbonyl (C=O) groups is 2. The summed E-state index contributed by atoms with van der Waals surface area (Å²) in [7, 11) is 0. The average molecular weight is 477 g/mol. The fourth-order valence-electron chi connectivity index (χ4n) is 5.91. The summed E-state index contributed by atoms with van der Waals surface area (Å²) in [5.41, 5.74) is 4.32. The molecule has 1 saturated carbocycles. The zero-order valence-corrected chi connectivity index (χ0v) is 19.8. The molecule has 0 aromatic heterocycles. The van der Waals surface area contributed by atoms with Gasteiger partial charge in [-0.2, -0.15) is 0 Å². The van der Waals surface area contributed by atoms with E-state index in [2.05, 4.69) is 17.4 Å². The second kappa shape index (κ2) is 9.28. The molecule has 2 aromatic rings.